The first kappa shape index (κ1) is 14.9. The van der Waals surface area contributed by atoms with Gasteiger partial charge in [-0.25, -0.2) is 9.97 Å². The lowest BCUT2D eigenvalue weighted by atomic mass is 10.1. The summed E-state index contributed by atoms with van der Waals surface area (Å²) >= 11 is 0. The minimum Gasteiger partial charge on any atom is -0.358 e. The van der Waals surface area contributed by atoms with Crippen LogP contribution in [0, 0.1) is 17.2 Å². The lowest BCUT2D eigenvalue weighted by Crippen LogP contribution is -2.24. The lowest BCUT2D eigenvalue weighted by Gasteiger charge is -2.21. The molecule has 0 amide bonds. The van der Waals surface area contributed by atoms with E-state index < -0.39 is 0 Å². The zero-order valence-electron chi connectivity index (χ0n) is 13.1. The number of benzene rings is 1. The van der Waals surface area contributed by atoms with Gasteiger partial charge in [0, 0.05) is 36.9 Å². The second kappa shape index (κ2) is 6.41. The van der Waals surface area contributed by atoms with Crippen LogP contribution in [0.2, 0.25) is 0 Å². The van der Waals surface area contributed by atoms with Gasteiger partial charge in [-0.3, -0.25) is 4.98 Å². The van der Waals surface area contributed by atoms with Crippen molar-refractivity contribution in [3.05, 3.63) is 48.8 Å². The van der Waals surface area contributed by atoms with E-state index in [2.05, 4.69) is 16.0 Å². The van der Waals surface area contributed by atoms with E-state index in [0.717, 1.165) is 22.3 Å². The van der Waals surface area contributed by atoms with Crippen molar-refractivity contribution in [1.29, 1.82) is 5.26 Å². The Balaban J connectivity index is 2.13. The highest BCUT2D eigenvalue weighted by atomic mass is 15.2. The maximum atomic E-state index is 9.06. The average molecular weight is 303 g/mol. The molecule has 23 heavy (non-hydrogen) atoms. The molecular formula is C18H17N5. The summed E-state index contributed by atoms with van der Waals surface area (Å²) in [5.41, 5.74) is 1.81. The predicted octanol–water partition coefficient (Wildman–Crippen LogP) is 3.29. The van der Waals surface area contributed by atoms with Crippen LogP contribution in [0.15, 0.2) is 48.8 Å². The minimum absolute atomic E-state index is 0.0712. The third-order valence-electron chi connectivity index (χ3n) is 3.65. The summed E-state index contributed by atoms with van der Waals surface area (Å²) in [5.74, 6) is 1.43. The molecule has 2 aromatic heterocycles. The lowest BCUT2D eigenvalue weighted by molar-refractivity contribution is 0.712. The van der Waals surface area contributed by atoms with Crippen molar-refractivity contribution < 1.29 is 0 Å². The number of nitrogens with zero attached hydrogens (tertiary/aromatic N) is 5. The van der Waals surface area contributed by atoms with Crippen molar-refractivity contribution in [2.45, 2.75) is 6.92 Å². The van der Waals surface area contributed by atoms with E-state index in [0.29, 0.717) is 12.4 Å². The SMILES string of the molecule is CC(C#N)CN(C)c1nc(-c2ccncc2)nc2ccccc12. The first-order chi connectivity index (χ1) is 11.2. The van der Waals surface area contributed by atoms with Gasteiger partial charge in [0.1, 0.15) is 5.82 Å². The van der Waals surface area contributed by atoms with Crippen LogP contribution in [0.25, 0.3) is 22.3 Å². The second-order valence-corrected chi connectivity index (χ2v) is 5.53. The zero-order chi connectivity index (χ0) is 16.2. The van der Waals surface area contributed by atoms with E-state index in [4.69, 9.17) is 10.2 Å². The van der Waals surface area contributed by atoms with Crippen molar-refractivity contribution in [3.63, 3.8) is 0 Å². The van der Waals surface area contributed by atoms with E-state index in [-0.39, 0.29) is 5.92 Å². The molecule has 5 heteroatoms. The summed E-state index contributed by atoms with van der Waals surface area (Å²) in [5, 5.41) is 10.0. The first-order valence-corrected chi connectivity index (χ1v) is 7.47. The summed E-state index contributed by atoms with van der Waals surface area (Å²) in [7, 11) is 1.96. The molecule has 0 spiro atoms. The van der Waals surface area contributed by atoms with Crippen LogP contribution >= 0.6 is 0 Å². The molecule has 0 fully saturated rings. The van der Waals surface area contributed by atoms with Crippen LogP contribution in [-0.2, 0) is 0 Å². The number of fused-ring (bicyclic) bond motifs is 1. The van der Waals surface area contributed by atoms with E-state index in [1.165, 1.54) is 0 Å². The Morgan fingerprint density at radius 1 is 1.13 bits per heavy atom. The molecular weight excluding hydrogens is 286 g/mol. The molecule has 1 atom stereocenters. The molecule has 0 radical (unpaired) electrons. The van der Waals surface area contributed by atoms with Crippen LogP contribution in [0.3, 0.4) is 0 Å². The van der Waals surface area contributed by atoms with Gasteiger partial charge in [-0.05, 0) is 31.2 Å². The van der Waals surface area contributed by atoms with Gasteiger partial charge in [-0.2, -0.15) is 5.26 Å². The molecule has 1 unspecified atom stereocenters. The van der Waals surface area contributed by atoms with Crippen molar-refractivity contribution in [2.75, 3.05) is 18.5 Å². The fraction of sp³-hybridized carbons (Fsp3) is 0.222. The van der Waals surface area contributed by atoms with Crippen molar-refractivity contribution in [1.82, 2.24) is 15.0 Å². The highest BCUT2D eigenvalue weighted by Crippen LogP contribution is 2.27. The molecule has 0 aliphatic heterocycles. The molecule has 0 aliphatic rings. The number of pyridine rings is 1. The number of hydrogen-bond donors (Lipinski definition) is 0. The normalized spacial score (nSPS) is 11.9. The van der Waals surface area contributed by atoms with Gasteiger partial charge < -0.3 is 4.90 Å². The van der Waals surface area contributed by atoms with Gasteiger partial charge in [0.2, 0.25) is 0 Å². The quantitative estimate of drug-likeness (QED) is 0.740. The average Bonchev–Trinajstić information content (AvgIpc) is 2.61. The van der Waals surface area contributed by atoms with E-state index in [1.807, 2.05) is 55.3 Å². The van der Waals surface area contributed by atoms with E-state index >= 15 is 0 Å². The first-order valence-electron chi connectivity index (χ1n) is 7.47. The second-order valence-electron chi connectivity index (χ2n) is 5.53. The minimum atomic E-state index is -0.0712. The zero-order valence-corrected chi connectivity index (χ0v) is 13.1. The molecule has 2 heterocycles. The van der Waals surface area contributed by atoms with Crippen LogP contribution in [-0.4, -0.2) is 28.5 Å². The largest absolute Gasteiger partial charge is 0.358 e. The summed E-state index contributed by atoms with van der Waals surface area (Å²) in [6.45, 7) is 2.52. The van der Waals surface area contributed by atoms with Gasteiger partial charge in [0.05, 0.1) is 17.5 Å². The molecule has 0 saturated carbocycles. The molecule has 1 aromatic carbocycles. The molecule has 114 valence electrons. The third-order valence-corrected chi connectivity index (χ3v) is 3.65. The highest BCUT2D eigenvalue weighted by Gasteiger charge is 2.14. The molecule has 0 bridgehead atoms. The summed E-state index contributed by atoms with van der Waals surface area (Å²) < 4.78 is 0. The van der Waals surface area contributed by atoms with Crippen LogP contribution < -0.4 is 4.90 Å². The molecule has 0 saturated heterocycles. The Morgan fingerprint density at radius 3 is 2.61 bits per heavy atom. The number of para-hydroxylation sites is 1. The Bertz CT molecular complexity index is 854. The van der Waals surface area contributed by atoms with Crippen LogP contribution in [0.5, 0.6) is 0 Å². The van der Waals surface area contributed by atoms with Crippen molar-refractivity contribution >= 4 is 16.7 Å². The van der Waals surface area contributed by atoms with Crippen LogP contribution in [0.4, 0.5) is 5.82 Å². The Labute approximate surface area is 135 Å². The van der Waals surface area contributed by atoms with Gasteiger partial charge >= 0.3 is 0 Å². The monoisotopic (exact) mass is 303 g/mol. The molecule has 3 rings (SSSR count). The number of anilines is 1. The van der Waals surface area contributed by atoms with Gasteiger partial charge in [-0.15, -0.1) is 0 Å². The Kier molecular flexibility index (Phi) is 4.15. The summed E-state index contributed by atoms with van der Waals surface area (Å²) in [4.78, 5) is 15.4. The van der Waals surface area contributed by atoms with Crippen molar-refractivity contribution in [2.24, 2.45) is 5.92 Å². The maximum Gasteiger partial charge on any atom is 0.162 e. The fourth-order valence-corrected chi connectivity index (χ4v) is 2.52. The number of aromatic nitrogens is 3. The third kappa shape index (κ3) is 3.11. The Hall–Kier alpha value is -3.00. The number of nitriles is 1. The van der Waals surface area contributed by atoms with E-state index in [9.17, 15) is 0 Å². The molecule has 5 nitrogen and oxygen atoms in total. The molecule has 0 aliphatic carbocycles. The standard InChI is InChI=1S/C18H17N5/c1-13(11-19)12-23(2)18-15-5-3-4-6-16(15)21-17(22-18)14-7-9-20-10-8-14/h3-10,13H,12H2,1-2H3. The summed E-state index contributed by atoms with van der Waals surface area (Å²) in [6, 6.07) is 14.0. The van der Waals surface area contributed by atoms with Gasteiger partial charge in [-0.1, -0.05) is 12.1 Å². The topological polar surface area (TPSA) is 65.7 Å². The van der Waals surface area contributed by atoms with Crippen molar-refractivity contribution in [3.8, 4) is 17.5 Å². The highest BCUT2D eigenvalue weighted by molar-refractivity contribution is 5.90. The van der Waals surface area contributed by atoms with Gasteiger partial charge in [0.15, 0.2) is 5.82 Å². The summed E-state index contributed by atoms with van der Waals surface area (Å²) in [6.07, 6.45) is 3.46. The molecule has 3 aromatic rings. The van der Waals surface area contributed by atoms with E-state index in [1.54, 1.807) is 12.4 Å². The smallest absolute Gasteiger partial charge is 0.162 e. The molecule has 0 N–H and O–H groups in total. The van der Waals surface area contributed by atoms with Gasteiger partial charge in [0.25, 0.3) is 0 Å². The maximum absolute atomic E-state index is 9.06. The fourth-order valence-electron chi connectivity index (χ4n) is 2.52. The number of rotatable bonds is 4. The number of hydrogen-bond acceptors (Lipinski definition) is 5. The predicted molar refractivity (Wildman–Crippen MR) is 90.8 cm³/mol. The van der Waals surface area contributed by atoms with Crippen LogP contribution in [0.1, 0.15) is 6.92 Å². The Morgan fingerprint density at radius 2 is 1.87 bits per heavy atom.